The molecular formula is C34H43N5O4S. The van der Waals surface area contributed by atoms with Gasteiger partial charge in [-0.3, -0.25) is 14.5 Å². The van der Waals surface area contributed by atoms with Crippen molar-refractivity contribution in [3.05, 3.63) is 75.7 Å². The van der Waals surface area contributed by atoms with E-state index in [1.807, 2.05) is 36.4 Å². The van der Waals surface area contributed by atoms with Gasteiger partial charge in [-0.1, -0.05) is 26.0 Å². The average Bonchev–Trinajstić information content (AvgIpc) is 3.69. The molecule has 2 amide bonds. The smallest absolute Gasteiger partial charge is 0.251 e. The second kappa shape index (κ2) is 14.7. The number of carbonyl (C=O) groups is 2. The molecule has 9 nitrogen and oxygen atoms in total. The van der Waals surface area contributed by atoms with Crippen molar-refractivity contribution in [1.82, 2.24) is 25.1 Å². The Bertz CT molecular complexity index is 1530. The van der Waals surface area contributed by atoms with Crippen molar-refractivity contribution < 1.29 is 19.1 Å². The third-order valence-electron chi connectivity index (χ3n) is 8.52. The van der Waals surface area contributed by atoms with Gasteiger partial charge in [0, 0.05) is 48.6 Å². The summed E-state index contributed by atoms with van der Waals surface area (Å²) in [6.45, 7) is 6.74. The summed E-state index contributed by atoms with van der Waals surface area (Å²) in [7, 11) is 3.34. The molecule has 0 aliphatic carbocycles. The highest BCUT2D eigenvalue weighted by Crippen LogP contribution is 2.31. The minimum absolute atomic E-state index is 0.0681. The van der Waals surface area contributed by atoms with Crippen LogP contribution in [0.15, 0.2) is 53.9 Å². The molecule has 0 saturated carbocycles. The van der Waals surface area contributed by atoms with Crippen molar-refractivity contribution in [3.8, 4) is 11.5 Å². The molecule has 1 fully saturated rings. The summed E-state index contributed by atoms with van der Waals surface area (Å²) in [6, 6.07) is 16.1. The zero-order valence-corrected chi connectivity index (χ0v) is 26.9. The van der Waals surface area contributed by atoms with Crippen LogP contribution in [-0.4, -0.2) is 66.2 Å². The lowest BCUT2D eigenvalue weighted by molar-refractivity contribution is -0.121. The molecule has 10 heteroatoms. The third-order valence-corrected chi connectivity index (χ3v) is 9.40. The number of amides is 2. The first kappa shape index (κ1) is 31.5. The lowest BCUT2D eigenvalue weighted by atomic mass is 10.0. The van der Waals surface area contributed by atoms with Gasteiger partial charge in [-0.25, -0.2) is 4.98 Å². The quantitative estimate of drug-likeness (QED) is 0.203. The maximum absolute atomic E-state index is 13.0. The molecular weight excluding hydrogens is 574 g/mol. The molecule has 0 spiro atoms. The largest absolute Gasteiger partial charge is 0.496 e. The predicted molar refractivity (Wildman–Crippen MR) is 175 cm³/mol. The van der Waals surface area contributed by atoms with Crippen LogP contribution in [0.4, 0.5) is 0 Å². The number of nitrogens with zero attached hydrogens (tertiary/aromatic N) is 3. The number of carbonyl (C=O) groups excluding carboxylic acids is 2. The van der Waals surface area contributed by atoms with Gasteiger partial charge >= 0.3 is 0 Å². The Balaban J connectivity index is 1.15. The van der Waals surface area contributed by atoms with Gasteiger partial charge < -0.3 is 24.7 Å². The molecule has 1 aliphatic heterocycles. The van der Waals surface area contributed by atoms with Gasteiger partial charge in [0.1, 0.15) is 17.3 Å². The lowest BCUT2D eigenvalue weighted by Gasteiger charge is -2.33. The number of hydrogen-bond acceptors (Lipinski definition) is 7. The molecule has 234 valence electrons. The first-order valence-corrected chi connectivity index (χ1v) is 16.3. The molecule has 2 N–H and O–H groups in total. The molecule has 4 aromatic rings. The van der Waals surface area contributed by atoms with Crippen LogP contribution >= 0.6 is 11.3 Å². The van der Waals surface area contributed by atoms with E-state index in [1.165, 1.54) is 4.88 Å². The lowest BCUT2D eigenvalue weighted by Crippen LogP contribution is -2.47. The Morgan fingerprint density at radius 2 is 1.75 bits per heavy atom. The Hall–Kier alpha value is -3.89. The number of rotatable bonds is 13. The van der Waals surface area contributed by atoms with Crippen LogP contribution in [0.3, 0.4) is 0 Å². The molecule has 0 radical (unpaired) electrons. The number of ether oxygens (including phenoxy) is 2. The van der Waals surface area contributed by atoms with Crippen molar-refractivity contribution in [3.63, 3.8) is 0 Å². The minimum Gasteiger partial charge on any atom is -0.496 e. The van der Waals surface area contributed by atoms with Crippen molar-refractivity contribution in [2.45, 2.75) is 64.6 Å². The number of hydrogen-bond donors (Lipinski definition) is 2. The molecule has 2 aromatic heterocycles. The number of piperidine rings is 1. The number of benzene rings is 2. The Morgan fingerprint density at radius 1 is 1.02 bits per heavy atom. The summed E-state index contributed by atoms with van der Waals surface area (Å²) in [6.07, 6.45) is 4.44. The average molecular weight is 618 g/mol. The molecule has 0 bridgehead atoms. The van der Waals surface area contributed by atoms with Crippen LogP contribution in [0.5, 0.6) is 11.5 Å². The fourth-order valence-corrected chi connectivity index (χ4v) is 6.83. The number of methoxy groups -OCH3 is 2. The summed E-state index contributed by atoms with van der Waals surface area (Å²) in [5.41, 5.74) is 3.37. The van der Waals surface area contributed by atoms with Gasteiger partial charge in [-0.15, -0.1) is 11.3 Å². The van der Waals surface area contributed by atoms with Crippen LogP contribution in [0.2, 0.25) is 0 Å². The highest BCUT2D eigenvalue weighted by molar-refractivity contribution is 7.09. The fourth-order valence-electron chi connectivity index (χ4n) is 6.13. The van der Waals surface area contributed by atoms with E-state index in [4.69, 9.17) is 14.5 Å². The number of nitrogens with one attached hydrogen (secondary N) is 2. The zero-order valence-electron chi connectivity index (χ0n) is 26.1. The van der Waals surface area contributed by atoms with E-state index in [0.717, 1.165) is 85.7 Å². The normalized spacial score (nSPS) is 14.2. The minimum atomic E-state index is -0.278. The van der Waals surface area contributed by atoms with Crippen molar-refractivity contribution in [1.29, 1.82) is 0 Å². The number of fused-ring (bicyclic) bond motifs is 1. The molecule has 1 aliphatic rings. The van der Waals surface area contributed by atoms with E-state index in [1.54, 1.807) is 25.6 Å². The number of likely N-dealkylation sites (tertiary alicyclic amines) is 1. The maximum Gasteiger partial charge on any atom is 0.251 e. The summed E-state index contributed by atoms with van der Waals surface area (Å²) in [5.74, 6) is 2.18. The van der Waals surface area contributed by atoms with E-state index in [2.05, 4.69) is 51.5 Å². The molecule has 1 saturated heterocycles. The van der Waals surface area contributed by atoms with Crippen molar-refractivity contribution in [2.24, 2.45) is 0 Å². The number of thiophene rings is 1. The molecule has 44 heavy (non-hydrogen) atoms. The summed E-state index contributed by atoms with van der Waals surface area (Å²) < 4.78 is 13.4. The second-order valence-corrected chi connectivity index (χ2v) is 12.3. The molecule has 5 rings (SSSR count). The monoisotopic (exact) mass is 617 g/mol. The standard InChI is InChI=1S/C34H43N5O4S/c1-5-25(6-2)39-29-13-12-23(19-28(29)37-32(39)20-26-9-8-18-44-26)34(41)35-21-33(40)36-24-14-16-38(17-15-24)22-27-30(42-3)10-7-11-31(27)43-4/h7-13,18-19,24-25H,5-6,14-17,20-22H2,1-4H3,(H,35,41)(H,36,40). The second-order valence-electron chi connectivity index (χ2n) is 11.3. The summed E-state index contributed by atoms with van der Waals surface area (Å²) in [4.78, 5) is 34.4. The van der Waals surface area contributed by atoms with Gasteiger partial charge in [-0.05, 0) is 67.5 Å². The highest BCUT2D eigenvalue weighted by Gasteiger charge is 2.24. The van der Waals surface area contributed by atoms with Gasteiger partial charge in [0.2, 0.25) is 5.91 Å². The Kier molecular flexibility index (Phi) is 10.6. The first-order chi connectivity index (χ1) is 21.4. The van der Waals surface area contributed by atoms with Gasteiger partial charge in [0.15, 0.2) is 0 Å². The van der Waals surface area contributed by atoms with Gasteiger partial charge in [-0.2, -0.15) is 0 Å². The molecule has 0 unspecified atom stereocenters. The zero-order chi connectivity index (χ0) is 31.1. The van der Waals surface area contributed by atoms with E-state index >= 15 is 0 Å². The Morgan fingerprint density at radius 3 is 2.39 bits per heavy atom. The molecule has 3 heterocycles. The van der Waals surface area contributed by atoms with E-state index in [-0.39, 0.29) is 24.4 Å². The fraction of sp³-hybridized carbons (Fsp3) is 0.441. The van der Waals surface area contributed by atoms with Crippen molar-refractivity contribution in [2.75, 3.05) is 33.9 Å². The first-order valence-electron chi connectivity index (χ1n) is 15.5. The van der Waals surface area contributed by atoms with E-state index in [0.29, 0.717) is 11.6 Å². The number of imidazole rings is 1. The summed E-state index contributed by atoms with van der Waals surface area (Å²) in [5, 5.41) is 7.98. The summed E-state index contributed by atoms with van der Waals surface area (Å²) >= 11 is 1.73. The van der Waals surface area contributed by atoms with Crippen LogP contribution in [0.1, 0.15) is 72.2 Å². The van der Waals surface area contributed by atoms with Crippen LogP contribution in [0.25, 0.3) is 11.0 Å². The third kappa shape index (κ3) is 7.25. The topological polar surface area (TPSA) is 97.7 Å². The highest BCUT2D eigenvalue weighted by atomic mass is 32.1. The van der Waals surface area contributed by atoms with Crippen LogP contribution in [-0.2, 0) is 17.8 Å². The Labute approximate surface area is 263 Å². The SMILES string of the molecule is CCC(CC)n1c(Cc2cccs2)nc2cc(C(=O)NCC(=O)NC3CCN(Cc4c(OC)cccc4OC)CC3)ccc21. The van der Waals surface area contributed by atoms with Gasteiger partial charge in [0.05, 0.1) is 37.4 Å². The predicted octanol–water partition coefficient (Wildman–Crippen LogP) is 5.58. The number of aromatic nitrogens is 2. The molecule has 2 aromatic carbocycles. The van der Waals surface area contributed by atoms with Crippen LogP contribution in [0, 0.1) is 0 Å². The van der Waals surface area contributed by atoms with Crippen LogP contribution < -0.4 is 20.1 Å². The maximum atomic E-state index is 13.0. The van der Waals surface area contributed by atoms with E-state index < -0.39 is 0 Å². The van der Waals surface area contributed by atoms with Crippen molar-refractivity contribution >= 4 is 34.2 Å². The van der Waals surface area contributed by atoms with Gasteiger partial charge in [0.25, 0.3) is 5.91 Å². The molecule has 0 atom stereocenters. The van der Waals surface area contributed by atoms with E-state index in [9.17, 15) is 9.59 Å².